The van der Waals surface area contributed by atoms with Gasteiger partial charge in [-0.1, -0.05) is 55.4 Å². The molecule has 2 heterocycles. The highest BCUT2D eigenvalue weighted by Crippen LogP contribution is 2.29. The average Bonchev–Trinajstić information content (AvgIpc) is 3.32. The lowest BCUT2D eigenvalue weighted by molar-refractivity contribution is -0.119. The highest BCUT2D eigenvalue weighted by atomic mass is 32.2. The van der Waals surface area contributed by atoms with Crippen LogP contribution in [0.1, 0.15) is 31.4 Å². The second-order valence-electron chi connectivity index (χ2n) is 7.68. The maximum absolute atomic E-state index is 12.9. The summed E-state index contributed by atoms with van der Waals surface area (Å²) in [6, 6.07) is 21.5. The topological polar surface area (TPSA) is 81.9 Å². The van der Waals surface area contributed by atoms with E-state index in [0.29, 0.717) is 11.0 Å². The van der Waals surface area contributed by atoms with Gasteiger partial charge in [-0.25, -0.2) is 0 Å². The number of methoxy groups -OCH3 is 1. The Morgan fingerprint density at radius 2 is 1.76 bits per heavy atom. The number of rotatable bonds is 10. The number of thioether (sulfide) groups is 1. The van der Waals surface area contributed by atoms with Gasteiger partial charge in [-0.15, -0.1) is 10.2 Å². The monoisotopic (exact) mass is 473 g/mol. The summed E-state index contributed by atoms with van der Waals surface area (Å²) in [6.45, 7) is 2.12. The minimum atomic E-state index is -0.0398. The normalized spacial score (nSPS) is 11.7. The second-order valence-corrected chi connectivity index (χ2v) is 8.63. The molecule has 0 saturated heterocycles. The van der Waals surface area contributed by atoms with E-state index in [1.165, 1.54) is 11.8 Å². The van der Waals surface area contributed by atoms with Crippen molar-refractivity contribution < 1.29 is 9.53 Å². The van der Waals surface area contributed by atoms with Gasteiger partial charge in [-0.05, 0) is 48.4 Å². The lowest BCUT2D eigenvalue weighted by Crippen LogP contribution is -2.30. The van der Waals surface area contributed by atoms with Gasteiger partial charge in [-0.2, -0.15) is 0 Å². The van der Waals surface area contributed by atoms with Crippen LogP contribution < -0.4 is 10.1 Å². The molecule has 1 amide bonds. The van der Waals surface area contributed by atoms with Gasteiger partial charge in [-0.3, -0.25) is 14.3 Å². The van der Waals surface area contributed by atoms with Crippen molar-refractivity contribution in [3.05, 3.63) is 84.7 Å². The molecule has 34 heavy (non-hydrogen) atoms. The molecule has 0 aliphatic heterocycles. The smallest absolute Gasteiger partial charge is 0.230 e. The van der Waals surface area contributed by atoms with Crippen molar-refractivity contribution in [2.45, 2.75) is 31.0 Å². The Hall–Kier alpha value is -3.65. The fourth-order valence-electron chi connectivity index (χ4n) is 3.68. The first kappa shape index (κ1) is 23.5. The molecule has 8 heteroatoms. The van der Waals surface area contributed by atoms with Crippen molar-refractivity contribution in [1.29, 1.82) is 0 Å². The minimum absolute atomic E-state index is 0.00821. The number of ether oxygens (including phenoxy) is 1. The Morgan fingerprint density at radius 1 is 1.03 bits per heavy atom. The Kier molecular flexibility index (Phi) is 7.93. The van der Waals surface area contributed by atoms with Gasteiger partial charge in [0.05, 0.1) is 18.9 Å². The van der Waals surface area contributed by atoms with E-state index in [4.69, 9.17) is 4.74 Å². The molecule has 174 valence electrons. The summed E-state index contributed by atoms with van der Waals surface area (Å²) < 4.78 is 7.25. The van der Waals surface area contributed by atoms with Crippen molar-refractivity contribution >= 4 is 17.7 Å². The fraction of sp³-hybridized carbons (Fsp3) is 0.231. The van der Waals surface area contributed by atoms with Gasteiger partial charge in [0.1, 0.15) is 5.75 Å². The van der Waals surface area contributed by atoms with Crippen molar-refractivity contribution in [2.24, 2.45) is 0 Å². The van der Waals surface area contributed by atoms with Crippen LogP contribution in [0.4, 0.5) is 0 Å². The van der Waals surface area contributed by atoms with E-state index < -0.39 is 0 Å². The molecular formula is C26H27N5O2S. The van der Waals surface area contributed by atoms with Gasteiger partial charge in [0.2, 0.25) is 5.91 Å². The van der Waals surface area contributed by atoms with Crippen LogP contribution in [0.15, 0.2) is 84.3 Å². The van der Waals surface area contributed by atoms with E-state index in [2.05, 4.69) is 39.6 Å². The fourth-order valence-corrected chi connectivity index (χ4v) is 4.44. The van der Waals surface area contributed by atoms with E-state index in [0.717, 1.165) is 35.4 Å². The number of carbonyl (C=O) groups excluding carboxylic acids is 1. The zero-order valence-corrected chi connectivity index (χ0v) is 20.0. The van der Waals surface area contributed by atoms with Gasteiger partial charge >= 0.3 is 0 Å². The predicted octanol–water partition coefficient (Wildman–Crippen LogP) is 5.09. The van der Waals surface area contributed by atoms with Crippen molar-refractivity contribution in [2.75, 3.05) is 12.9 Å². The largest absolute Gasteiger partial charge is 0.497 e. The molecule has 0 aliphatic carbocycles. The van der Waals surface area contributed by atoms with Crippen LogP contribution >= 0.6 is 11.8 Å². The number of pyridine rings is 1. The summed E-state index contributed by atoms with van der Waals surface area (Å²) in [7, 11) is 1.64. The van der Waals surface area contributed by atoms with Gasteiger partial charge in [0.15, 0.2) is 11.0 Å². The molecule has 0 radical (unpaired) electrons. The molecule has 1 N–H and O–H groups in total. The molecule has 0 bridgehead atoms. The second kappa shape index (κ2) is 11.5. The first-order chi connectivity index (χ1) is 16.7. The van der Waals surface area contributed by atoms with E-state index in [9.17, 15) is 4.79 Å². The number of nitrogens with one attached hydrogen (secondary N) is 1. The summed E-state index contributed by atoms with van der Waals surface area (Å²) >= 11 is 1.36. The molecule has 0 aliphatic rings. The molecule has 0 unspecified atom stereocenters. The van der Waals surface area contributed by atoms with E-state index >= 15 is 0 Å². The van der Waals surface area contributed by atoms with Crippen LogP contribution in [0.3, 0.4) is 0 Å². The van der Waals surface area contributed by atoms with Gasteiger partial charge in [0, 0.05) is 23.6 Å². The van der Waals surface area contributed by atoms with Crippen molar-refractivity contribution in [3.8, 4) is 22.8 Å². The molecule has 4 aromatic rings. The zero-order valence-electron chi connectivity index (χ0n) is 19.2. The summed E-state index contributed by atoms with van der Waals surface area (Å²) in [5, 5.41) is 12.6. The van der Waals surface area contributed by atoms with Crippen LogP contribution in [0.25, 0.3) is 17.1 Å². The molecule has 4 rings (SSSR count). The first-order valence-corrected chi connectivity index (χ1v) is 12.2. The number of benzene rings is 2. The van der Waals surface area contributed by atoms with Crippen molar-refractivity contribution in [3.63, 3.8) is 0 Å². The van der Waals surface area contributed by atoms with Gasteiger partial charge in [0.25, 0.3) is 0 Å². The molecule has 1 atom stereocenters. The third kappa shape index (κ3) is 5.63. The number of carbonyl (C=O) groups is 1. The number of aromatic nitrogens is 4. The molecule has 0 spiro atoms. The Balaban J connectivity index is 1.55. The lowest BCUT2D eigenvalue weighted by atomic mass is 10.0. The zero-order chi connectivity index (χ0) is 23.8. The van der Waals surface area contributed by atoms with Crippen LogP contribution in [0.5, 0.6) is 5.75 Å². The van der Waals surface area contributed by atoms with Crippen LogP contribution in [-0.2, 0) is 4.79 Å². The third-order valence-electron chi connectivity index (χ3n) is 5.35. The summed E-state index contributed by atoms with van der Waals surface area (Å²) in [4.78, 5) is 17.0. The maximum Gasteiger partial charge on any atom is 0.230 e. The SMILES string of the molecule is CCC[C@H](NC(=O)CSc1nnc(-c2ccncc2)n1-c1ccc(OC)cc1)c1ccccc1. The molecular weight excluding hydrogens is 446 g/mol. The van der Waals surface area contributed by atoms with Crippen molar-refractivity contribution in [1.82, 2.24) is 25.1 Å². The standard InChI is InChI=1S/C26H27N5O2S/c1-3-7-23(19-8-5-4-6-9-19)28-24(32)18-34-26-30-29-25(20-14-16-27-17-15-20)31(26)21-10-12-22(33-2)13-11-21/h4-6,8-17,23H,3,7,18H2,1-2H3,(H,28,32)/t23-/m0/s1. The summed E-state index contributed by atoms with van der Waals surface area (Å²) in [5.41, 5.74) is 2.89. The van der Waals surface area contributed by atoms with Crippen LogP contribution in [-0.4, -0.2) is 38.5 Å². The van der Waals surface area contributed by atoms with E-state index in [1.807, 2.05) is 59.2 Å². The maximum atomic E-state index is 12.9. The quantitative estimate of drug-likeness (QED) is 0.323. The molecule has 0 saturated carbocycles. The number of hydrogen-bond acceptors (Lipinski definition) is 6. The van der Waals surface area contributed by atoms with Crippen LogP contribution in [0.2, 0.25) is 0 Å². The lowest BCUT2D eigenvalue weighted by Gasteiger charge is -2.18. The summed E-state index contributed by atoms with van der Waals surface area (Å²) in [5.74, 6) is 1.64. The minimum Gasteiger partial charge on any atom is -0.497 e. The molecule has 7 nitrogen and oxygen atoms in total. The van der Waals surface area contributed by atoms with Crippen LogP contribution in [0, 0.1) is 0 Å². The number of amides is 1. The highest BCUT2D eigenvalue weighted by molar-refractivity contribution is 7.99. The summed E-state index contributed by atoms with van der Waals surface area (Å²) in [6.07, 6.45) is 5.31. The predicted molar refractivity (Wildman–Crippen MR) is 134 cm³/mol. The highest BCUT2D eigenvalue weighted by Gasteiger charge is 2.19. The van der Waals surface area contributed by atoms with Gasteiger partial charge < -0.3 is 10.1 Å². The molecule has 0 fully saturated rings. The molecule has 2 aromatic carbocycles. The number of hydrogen-bond donors (Lipinski definition) is 1. The van der Waals surface area contributed by atoms with E-state index in [1.54, 1.807) is 19.5 Å². The average molecular weight is 474 g/mol. The third-order valence-corrected chi connectivity index (χ3v) is 6.28. The Labute approximate surface area is 203 Å². The first-order valence-electron chi connectivity index (χ1n) is 11.2. The Morgan fingerprint density at radius 3 is 2.44 bits per heavy atom. The van der Waals surface area contributed by atoms with E-state index in [-0.39, 0.29) is 17.7 Å². The molecule has 2 aromatic heterocycles. The Bertz CT molecular complexity index is 1200. The number of nitrogens with zero attached hydrogens (tertiary/aromatic N) is 4.